The molecule has 0 spiro atoms. The first-order valence-electron chi connectivity index (χ1n) is 8.31. The van der Waals surface area contributed by atoms with Gasteiger partial charge in [-0.3, -0.25) is 5.10 Å². The number of thiophene rings is 2. The lowest BCUT2D eigenvalue weighted by Gasteiger charge is -2.32. The predicted octanol–water partition coefficient (Wildman–Crippen LogP) is 4.99. The van der Waals surface area contributed by atoms with Crippen LogP contribution >= 0.6 is 22.7 Å². The van der Waals surface area contributed by atoms with Gasteiger partial charge in [-0.15, -0.1) is 22.7 Å². The van der Waals surface area contributed by atoms with E-state index in [0.29, 0.717) is 11.5 Å². The van der Waals surface area contributed by atoms with Crippen molar-refractivity contribution in [2.75, 3.05) is 14.2 Å². The van der Waals surface area contributed by atoms with Gasteiger partial charge in [0.2, 0.25) is 0 Å². The zero-order chi connectivity index (χ0) is 19.1. The highest BCUT2D eigenvalue weighted by atomic mass is 32.1. The summed E-state index contributed by atoms with van der Waals surface area (Å²) in [6.45, 7) is 3.78. The van der Waals surface area contributed by atoms with Gasteiger partial charge in [0.15, 0.2) is 6.19 Å². The van der Waals surface area contributed by atoms with Crippen molar-refractivity contribution >= 4 is 32.9 Å². The molecule has 1 aliphatic rings. The summed E-state index contributed by atoms with van der Waals surface area (Å²) in [5, 5.41) is 19.2. The fourth-order valence-electron chi connectivity index (χ4n) is 3.51. The van der Waals surface area contributed by atoms with Crippen LogP contribution in [-0.2, 0) is 9.47 Å². The van der Waals surface area contributed by atoms with Crippen LogP contribution in [0.25, 0.3) is 20.8 Å². The van der Waals surface area contributed by atoms with E-state index in [0.717, 1.165) is 37.1 Å². The molecule has 4 rings (SSSR count). The molecular weight excluding hydrogens is 380 g/mol. The summed E-state index contributed by atoms with van der Waals surface area (Å²) < 4.78 is 12.5. The fraction of sp³-hybridized carbons (Fsp3) is 0.263. The van der Waals surface area contributed by atoms with Crippen molar-refractivity contribution in [3.05, 3.63) is 51.4 Å². The third kappa shape index (κ3) is 2.62. The molecule has 0 amide bonds. The average molecular weight is 399 g/mol. The molecule has 0 aromatic carbocycles. The Morgan fingerprint density at radius 1 is 1.22 bits per heavy atom. The average Bonchev–Trinajstić information content (AvgIpc) is 3.38. The van der Waals surface area contributed by atoms with Crippen molar-refractivity contribution in [3.63, 3.8) is 0 Å². The number of hydrogen-bond donors (Lipinski definition) is 1. The first-order valence-corrected chi connectivity index (χ1v) is 10.0. The van der Waals surface area contributed by atoms with E-state index in [4.69, 9.17) is 9.47 Å². The van der Waals surface area contributed by atoms with Crippen LogP contribution in [0.2, 0.25) is 0 Å². The predicted molar refractivity (Wildman–Crippen MR) is 107 cm³/mol. The maximum Gasteiger partial charge on any atom is 0.188 e. The Labute approximate surface area is 164 Å². The molecule has 0 unspecified atom stereocenters. The number of nitrogens with zero attached hydrogens (tertiary/aromatic N) is 3. The van der Waals surface area contributed by atoms with Gasteiger partial charge in [-0.05, 0) is 31.4 Å². The van der Waals surface area contributed by atoms with E-state index in [1.165, 1.54) is 0 Å². The summed E-state index contributed by atoms with van der Waals surface area (Å²) in [6.07, 6.45) is 2.20. The van der Waals surface area contributed by atoms with Crippen LogP contribution in [-0.4, -0.2) is 29.3 Å². The van der Waals surface area contributed by atoms with Gasteiger partial charge in [-0.1, -0.05) is 6.07 Å². The monoisotopic (exact) mass is 398 g/mol. The number of nitriles is 1. The molecule has 1 N–H and O–H groups in total. The molecule has 0 fully saturated rings. The molecule has 4 heterocycles. The van der Waals surface area contributed by atoms with E-state index >= 15 is 0 Å². The molecule has 3 aromatic rings. The number of rotatable bonds is 4. The molecular formula is C19H18N4O2S2. The molecule has 0 atom stereocenters. The smallest absolute Gasteiger partial charge is 0.188 e. The Hall–Kier alpha value is -2.76. The highest BCUT2D eigenvalue weighted by Gasteiger charge is 2.36. The highest BCUT2D eigenvalue weighted by molar-refractivity contribution is 7.20. The second kappa shape index (κ2) is 6.76. The quantitative estimate of drug-likeness (QED) is 0.627. The van der Waals surface area contributed by atoms with Crippen LogP contribution in [0.5, 0.6) is 0 Å². The fourth-order valence-corrected chi connectivity index (χ4v) is 5.50. The molecule has 27 heavy (non-hydrogen) atoms. The SMILES string of the molecule is COC1=C(C)N(C#N)C(C)=C(OC)C1c1cc2[nH]nc(-c3cccs3)c2s1. The molecule has 0 aliphatic carbocycles. The Morgan fingerprint density at radius 2 is 1.93 bits per heavy atom. The second-order valence-electron chi connectivity index (χ2n) is 6.12. The van der Waals surface area contributed by atoms with Crippen LogP contribution in [0, 0.1) is 11.5 Å². The van der Waals surface area contributed by atoms with Crippen LogP contribution in [0.3, 0.4) is 0 Å². The number of fused-ring (bicyclic) bond motifs is 1. The van der Waals surface area contributed by atoms with Crippen LogP contribution in [0.1, 0.15) is 24.6 Å². The third-order valence-corrected chi connectivity index (χ3v) is 6.82. The number of nitrogens with one attached hydrogen (secondary N) is 1. The van der Waals surface area contributed by atoms with Crippen molar-refractivity contribution < 1.29 is 9.47 Å². The minimum absolute atomic E-state index is 0.188. The minimum atomic E-state index is -0.188. The summed E-state index contributed by atoms with van der Waals surface area (Å²) in [6, 6.07) is 6.19. The van der Waals surface area contributed by atoms with Gasteiger partial charge in [0.25, 0.3) is 0 Å². The summed E-state index contributed by atoms with van der Waals surface area (Å²) in [4.78, 5) is 3.76. The minimum Gasteiger partial charge on any atom is -0.498 e. The Bertz CT molecular complexity index is 1070. The van der Waals surface area contributed by atoms with E-state index in [1.54, 1.807) is 41.8 Å². The molecule has 0 saturated carbocycles. The van der Waals surface area contributed by atoms with Crippen molar-refractivity contribution in [1.29, 1.82) is 5.26 Å². The summed E-state index contributed by atoms with van der Waals surface area (Å²) in [7, 11) is 3.26. The van der Waals surface area contributed by atoms with Gasteiger partial charge < -0.3 is 9.47 Å². The van der Waals surface area contributed by atoms with Gasteiger partial charge in [0.1, 0.15) is 23.1 Å². The number of ether oxygens (including phenoxy) is 2. The standard InChI is InChI=1S/C19H18N4O2S2/c1-10-17(24-3)15(18(25-4)11(2)23(10)9-20)14-8-12-19(27-14)16(22-21-12)13-6-5-7-26-13/h5-8,15H,1-4H3,(H,21,22). The number of H-pyrrole nitrogens is 1. The van der Waals surface area contributed by atoms with Crippen molar-refractivity contribution in [3.8, 4) is 16.8 Å². The second-order valence-corrected chi connectivity index (χ2v) is 8.15. The van der Waals surface area contributed by atoms with Crippen LogP contribution < -0.4 is 0 Å². The van der Waals surface area contributed by atoms with Crippen LogP contribution in [0.4, 0.5) is 0 Å². The maximum absolute atomic E-state index is 9.53. The summed E-state index contributed by atoms with van der Waals surface area (Å²) >= 11 is 3.34. The molecule has 0 bridgehead atoms. The Balaban J connectivity index is 1.88. The molecule has 138 valence electrons. The van der Waals surface area contributed by atoms with Gasteiger partial charge in [-0.2, -0.15) is 10.4 Å². The molecule has 6 nitrogen and oxygen atoms in total. The first-order chi connectivity index (χ1) is 13.1. The van der Waals surface area contributed by atoms with Gasteiger partial charge in [0.05, 0.1) is 40.7 Å². The number of allylic oxidation sites excluding steroid dienone is 2. The molecule has 8 heteroatoms. The zero-order valence-electron chi connectivity index (χ0n) is 15.4. The molecule has 0 saturated heterocycles. The van der Waals surface area contributed by atoms with Gasteiger partial charge in [-0.25, -0.2) is 4.90 Å². The van der Waals surface area contributed by atoms with E-state index in [2.05, 4.69) is 28.5 Å². The molecule has 0 radical (unpaired) electrons. The van der Waals surface area contributed by atoms with Gasteiger partial charge >= 0.3 is 0 Å². The lowest BCUT2D eigenvalue weighted by atomic mass is 9.95. The molecule has 1 aliphatic heterocycles. The Kier molecular flexibility index (Phi) is 4.42. The number of aromatic nitrogens is 2. The highest BCUT2D eigenvalue weighted by Crippen LogP contribution is 2.46. The Morgan fingerprint density at radius 3 is 2.48 bits per heavy atom. The van der Waals surface area contributed by atoms with E-state index in [1.807, 2.05) is 25.3 Å². The van der Waals surface area contributed by atoms with Gasteiger partial charge in [0, 0.05) is 4.88 Å². The topological polar surface area (TPSA) is 74.2 Å². The van der Waals surface area contributed by atoms with Crippen molar-refractivity contribution in [1.82, 2.24) is 15.1 Å². The molecule has 3 aromatic heterocycles. The lowest BCUT2D eigenvalue weighted by Crippen LogP contribution is -2.27. The zero-order valence-corrected chi connectivity index (χ0v) is 17.0. The maximum atomic E-state index is 9.53. The normalized spacial score (nSPS) is 15.6. The lowest BCUT2D eigenvalue weighted by molar-refractivity contribution is 0.194. The van der Waals surface area contributed by atoms with E-state index in [9.17, 15) is 5.26 Å². The summed E-state index contributed by atoms with van der Waals surface area (Å²) in [5.41, 5.74) is 3.50. The van der Waals surface area contributed by atoms with E-state index in [-0.39, 0.29) is 5.92 Å². The largest absolute Gasteiger partial charge is 0.498 e. The first kappa shape index (κ1) is 17.6. The summed E-state index contributed by atoms with van der Waals surface area (Å²) in [5.74, 6) is 1.24. The van der Waals surface area contributed by atoms with E-state index < -0.39 is 0 Å². The van der Waals surface area contributed by atoms with Crippen LogP contribution in [0.15, 0.2) is 46.5 Å². The van der Waals surface area contributed by atoms with Crippen molar-refractivity contribution in [2.45, 2.75) is 19.8 Å². The third-order valence-electron chi connectivity index (χ3n) is 4.74. The number of methoxy groups -OCH3 is 2. The number of aromatic amines is 1. The van der Waals surface area contributed by atoms with Crippen molar-refractivity contribution in [2.24, 2.45) is 0 Å². The number of hydrogen-bond acceptors (Lipinski definition) is 7.